The van der Waals surface area contributed by atoms with Gasteiger partial charge in [0.1, 0.15) is 0 Å². The largest absolute Gasteiger partial charge is 0.545 e. The third kappa shape index (κ3) is 3.48. The lowest BCUT2D eigenvalue weighted by molar-refractivity contribution is -0.255. The molecule has 0 bridgehead atoms. The van der Waals surface area contributed by atoms with E-state index in [1.165, 1.54) is 13.0 Å². The minimum Gasteiger partial charge on any atom is -0.545 e. The Morgan fingerprint density at radius 3 is 2.30 bits per heavy atom. The maximum Gasteiger partial charge on any atom is 0.262 e. The monoisotopic (exact) mass is 340 g/mol. The van der Waals surface area contributed by atoms with Gasteiger partial charge >= 0.3 is 0 Å². The van der Waals surface area contributed by atoms with Crippen LogP contribution in [0.15, 0.2) is 35.2 Å². The van der Waals surface area contributed by atoms with Crippen LogP contribution in [0.4, 0.5) is 14.5 Å². The van der Waals surface area contributed by atoms with Gasteiger partial charge in [-0.1, -0.05) is 0 Å². The summed E-state index contributed by atoms with van der Waals surface area (Å²) in [6, 6.07) is 4.78. The zero-order valence-corrected chi connectivity index (χ0v) is 13.0. The van der Waals surface area contributed by atoms with Crippen LogP contribution in [0.3, 0.4) is 0 Å². The molecule has 122 valence electrons. The molecule has 0 unspecified atom stereocenters. The third-order valence-corrected chi connectivity index (χ3v) is 4.82. The standard InChI is InChI=1S/C15H13F2NO4S/c1-8-5-10(15(19)20)6-14(9(8)2)23(21,22)18-11-3-4-12(16)13(17)7-11/h3-7,18H,1-2H3,(H,19,20)/p-1. The van der Waals surface area contributed by atoms with E-state index in [0.717, 1.165) is 18.2 Å². The minimum atomic E-state index is -4.18. The smallest absolute Gasteiger partial charge is 0.262 e. The number of anilines is 1. The van der Waals surface area contributed by atoms with E-state index in [0.29, 0.717) is 17.2 Å². The summed E-state index contributed by atoms with van der Waals surface area (Å²) in [5.41, 5.74) is 0.306. The van der Waals surface area contributed by atoms with Gasteiger partial charge in [-0.15, -0.1) is 0 Å². The number of hydrogen-bond acceptors (Lipinski definition) is 4. The van der Waals surface area contributed by atoms with Gasteiger partial charge in [-0.3, -0.25) is 4.72 Å². The molecule has 0 aliphatic rings. The minimum absolute atomic E-state index is 0.181. The first-order valence-electron chi connectivity index (χ1n) is 6.42. The Morgan fingerprint density at radius 2 is 1.74 bits per heavy atom. The van der Waals surface area contributed by atoms with Crippen LogP contribution < -0.4 is 9.83 Å². The number of carbonyl (C=O) groups is 1. The van der Waals surface area contributed by atoms with Gasteiger partial charge < -0.3 is 9.90 Å². The van der Waals surface area contributed by atoms with Crippen molar-refractivity contribution in [2.45, 2.75) is 18.7 Å². The van der Waals surface area contributed by atoms with Gasteiger partial charge in [0, 0.05) is 6.07 Å². The molecule has 0 saturated heterocycles. The number of hydrogen-bond donors (Lipinski definition) is 1. The zero-order chi connectivity index (χ0) is 17.4. The summed E-state index contributed by atoms with van der Waals surface area (Å²) in [6.07, 6.45) is 0. The number of aromatic carboxylic acids is 1. The predicted molar refractivity (Wildman–Crippen MR) is 77.4 cm³/mol. The number of aryl methyl sites for hydroxylation is 1. The highest BCUT2D eigenvalue weighted by Crippen LogP contribution is 2.24. The Labute approximate surface area is 131 Å². The number of benzene rings is 2. The van der Waals surface area contributed by atoms with Crippen LogP contribution in [0.2, 0.25) is 0 Å². The molecule has 0 aliphatic carbocycles. The van der Waals surface area contributed by atoms with E-state index in [1.54, 1.807) is 6.92 Å². The summed E-state index contributed by atoms with van der Waals surface area (Å²) in [5, 5.41) is 11.0. The SMILES string of the molecule is Cc1cc(C(=O)[O-])cc(S(=O)(=O)Nc2ccc(F)c(F)c2)c1C. The summed E-state index contributed by atoms with van der Waals surface area (Å²) in [4.78, 5) is 10.7. The predicted octanol–water partition coefficient (Wildman–Crippen LogP) is 1.75. The first-order chi connectivity index (χ1) is 10.6. The number of carbonyl (C=O) groups excluding carboxylic acids is 1. The Hall–Kier alpha value is -2.48. The fourth-order valence-electron chi connectivity index (χ4n) is 1.99. The summed E-state index contributed by atoms with van der Waals surface area (Å²) in [5.74, 6) is -3.84. The lowest BCUT2D eigenvalue weighted by Gasteiger charge is -2.14. The average molecular weight is 340 g/mol. The number of carboxylic acids is 1. The molecule has 0 spiro atoms. The molecule has 0 atom stereocenters. The van der Waals surface area contributed by atoms with E-state index in [4.69, 9.17) is 0 Å². The van der Waals surface area contributed by atoms with Crippen molar-refractivity contribution in [2.24, 2.45) is 0 Å². The van der Waals surface area contributed by atoms with Crippen molar-refractivity contribution in [3.8, 4) is 0 Å². The molecule has 1 N–H and O–H groups in total. The average Bonchev–Trinajstić information content (AvgIpc) is 2.45. The van der Waals surface area contributed by atoms with Crippen LogP contribution in [0.5, 0.6) is 0 Å². The Morgan fingerprint density at radius 1 is 1.09 bits per heavy atom. The third-order valence-electron chi connectivity index (χ3n) is 3.32. The van der Waals surface area contributed by atoms with E-state index in [-0.39, 0.29) is 16.1 Å². The second-order valence-electron chi connectivity index (χ2n) is 4.94. The van der Waals surface area contributed by atoms with Gasteiger partial charge in [-0.05, 0) is 54.8 Å². The maximum absolute atomic E-state index is 13.2. The highest BCUT2D eigenvalue weighted by Gasteiger charge is 2.20. The van der Waals surface area contributed by atoms with Crippen LogP contribution in [0.25, 0.3) is 0 Å². The summed E-state index contributed by atoms with van der Waals surface area (Å²) in [7, 11) is -4.18. The van der Waals surface area contributed by atoms with Gasteiger partial charge in [-0.2, -0.15) is 0 Å². The Kier molecular flexibility index (Phi) is 4.37. The molecule has 23 heavy (non-hydrogen) atoms. The van der Waals surface area contributed by atoms with E-state index >= 15 is 0 Å². The molecule has 0 radical (unpaired) electrons. The van der Waals surface area contributed by atoms with Crippen LogP contribution in [0, 0.1) is 25.5 Å². The first-order valence-corrected chi connectivity index (χ1v) is 7.90. The van der Waals surface area contributed by atoms with Crippen molar-refractivity contribution >= 4 is 21.7 Å². The van der Waals surface area contributed by atoms with Gasteiger partial charge in [0.2, 0.25) is 0 Å². The topological polar surface area (TPSA) is 86.3 Å². The second-order valence-corrected chi connectivity index (χ2v) is 6.59. The van der Waals surface area contributed by atoms with Crippen LogP contribution in [-0.4, -0.2) is 14.4 Å². The second kappa shape index (κ2) is 5.96. The maximum atomic E-state index is 13.2. The van der Waals surface area contributed by atoms with Crippen molar-refractivity contribution in [2.75, 3.05) is 4.72 Å². The van der Waals surface area contributed by atoms with Crippen molar-refractivity contribution in [3.63, 3.8) is 0 Å². The van der Waals surface area contributed by atoms with Crippen molar-refractivity contribution in [3.05, 3.63) is 58.7 Å². The lowest BCUT2D eigenvalue weighted by atomic mass is 10.1. The number of halogens is 2. The van der Waals surface area contributed by atoms with Crippen molar-refractivity contribution in [1.29, 1.82) is 0 Å². The van der Waals surface area contributed by atoms with E-state index in [1.807, 2.05) is 0 Å². The molecule has 0 fully saturated rings. The highest BCUT2D eigenvalue weighted by atomic mass is 32.2. The Balaban J connectivity index is 2.51. The molecule has 2 aromatic carbocycles. The molecule has 0 saturated carbocycles. The van der Waals surface area contributed by atoms with Crippen molar-refractivity contribution in [1.82, 2.24) is 0 Å². The summed E-state index contributed by atoms with van der Waals surface area (Å²) < 4.78 is 53.0. The zero-order valence-electron chi connectivity index (χ0n) is 12.2. The van der Waals surface area contributed by atoms with Crippen molar-refractivity contribution < 1.29 is 27.1 Å². The molecular formula is C15H12F2NO4S-. The molecule has 5 nitrogen and oxygen atoms in total. The van der Waals surface area contributed by atoms with Crippen LogP contribution in [0.1, 0.15) is 21.5 Å². The van der Waals surface area contributed by atoms with E-state index in [9.17, 15) is 27.1 Å². The number of nitrogens with one attached hydrogen (secondary N) is 1. The van der Waals surface area contributed by atoms with Crippen LogP contribution >= 0.6 is 0 Å². The Bertz CT molecular complexity index is 895. The lowest BCUT2D eigenvalue weighted by Crippen LogP contribution is -2.24. The van der Waals surface area contributed by atoms with Gasteiger partial charge in [0.25, 0.3) is 10.0 Å². The molecule has 0 amide bonds. The van der Waals surface area contributed by atoms with Gasteiger partial charge in [0.05, 0.1) is 16.6 Å². The first kappa shape index (κ1) is 16.9. The quantitative estimate of drug-likeness (QED) is 0.919. The number of rotatable bonds is 4. The fourth-order valence-corrected chi connectivity index (χ4v) is 3.39. The highest BCUT2D eigenvalue weighted by molar-refractivity contribution is 7.92. The fraction of sp³-hybridized carbons (Fsp3) is 0.133. The van der Waals surface area contributed by atoms with E-state index in [2.05, 4.69) is 4.72 Å². The van der Waals surface area contributed by atoms with E-state index < -0.39 is 27.6 Å². The summed E-state index contributed by atoms with van der Waals surface area (Å²) >= 11 is 0. The van der Waals surface area contributed by atoms with Gasteiger partial charge in [-0.25, -0.2) is 17.2 Å². The molecular weight excluding hydrogens is 328 g/mol. The molecule has 0 aromatic heterocycles. The molecule has 8 heteroatoms. The summed E-state index contributed by atoms with van der Waals surface area (Å²) in [6.45, 7) is 3.06. The number of sulfonamides is 1. The molecule has 2 rings (SSSR count). The number of carboxylic acid groups (broad SMARTS) is 1. The normalized spacial score (nSPS) is 11.3. The molecule has 0 aliphatic heterocycles. The van der Waals surface area contributed by atoms with Gasteiger partial charge in [0.15, 0.2) is 11.6 Å². The van der Waals surface area contributed by atoms with Crippen LogP contribution in [-0.2, 0) is 10.0 Å². The molecule has 2 aromatic rings. The molecule has 0 heterocycles.